The number of ketones is 1. The Bertz CT molecular complexity index is 511. The Morgan fingerprint density at radius 2 is 1.88 bits per heavy atom. The molecule has 0 N–H and O–H groups in total. The van der Waals surface area contributed by atoms with E-state index in [4.69, 9.17) is 11.6 Å². The number of carbonyl (C=O) groups excluding carboxylic acids is 1. The van der Waals surface area contributed by atoms with Crippen LogP contribution in [0.25, 0.3) is 0 Å². The fourth-order valence-corrected chi connectivity index (χ4v) is 1.88. The van der Waals surface area contributed by atoms with Crippen molar-refractivity contribution in [2.75, 3.05) is 0 Å². The quantitative estimate of drug-likeness (QED) is 0.829. The largest absolute Gasteiger partial charge is 0.299 e. The number of carbonyl (C=O) groups is 1. The summed E-state index contributed by atoms with van der Waals surface area (Å²) in [6.45, 7) is 0. The highest BCUT2D eigenvalue weighted by Gasteiger charge is 2.05. The molecule has 0 aliphatic rings. The minimum Gasteiger partial charge on any atom is -0.299 e. The third kappa shape index (κ3) is 3.68. The summed E-state index contributed by atoms with van der Waals surface area (Å²) in [5, 5.41) is 0.664. The second-order valence-corrected chi connectivity index (χ2v) is 4.32. The fraction of sp³-hybridized carbons (Fsp3) is 0.143. The van der Waals surface area contributed by atoms with Crippen LogP contribution >= 0.6 is 11.6 Å². The molecule has 2 rings (SSSR count). The molecule has 2 aromatic rings. The maximum atomic E-state index is 11.8. The molecule has 0 unspecified atom stereocenters. The molecule has 0 aliphatic carbocycles. The van der Waals surface area contributed by atoms with E-state index < -0.39 is 0 Å². The number of pyridine rings is 1. The average Bonchev–Trinajstić information content (AvgIpc) is 2.30. The zero-order valence-corrected chi connectivity index (χ0v) is 10.0. The summed E-state index contributed by atoms with van der Waals surface area (Å²) < 4.78 is 0. The van der Waals surface area contributed by atoms with Crippen LogP contribution < -0.4 is 0 Å². The zero-order chi connectivity index (χ0) is 12.1. The standard InChI is InChI=1S/C14H12ClNO/c15-13-5-1-3-11(7-13)8-14(17)9-12-4-2-6-16-10-12/h1-7,10H,8-9H2. The van der Waals surface area contributed by atoms with Gasteiger partial charge < -0.3 is 0 Å². The number of rotatable bonds is 4. The summed E-state index contributed by atoms with van der Waals surface area (Å²) >= 11 is 5.87. The van der Waals surface area contributed by atoms with E-state index in [2.05, 4.69) is 4.98 Å². The van der Waals surface area contributed by atoms with Gasteiger partial charge in [0.05, 0.1) is 0 Å². The van der Waals surface area contributed by atoms with E-state index in [0.717, 1.165) is 11.1 Å². The van der Waals surface area contributed by atoms with Crippen LogP contribution in [-0.2, 0) is 17.6 Å². The molecule has 86 valence electrons. The van der Waals surface area contributed by atoms with Gasteiger partial charge in [-0.05, 0) is 29.3 Å². The number of Topliss-reactive ketones (excluding diaryl/α,β-unsaturated/α-hetero) is 1. The molecule has 0 radical (unpaired) electrons. The number of aromatic nitrogens is 1. The van der Waals surface area contributed by atoms with Gasteiger partial charge in [-0.25, -0.2) is 0 Å². The van der Waals surface area contributed by atoms with Crippen LogP contribution in [0.15, 0.2) is 48.8 Å². The van der Waals surface area contributed by atoms with Gasteiger partial charge in [0, 0.05) is 30.3 Å². The van der Waals surface area contributed by atoms with Crippen LogP contribution in [0.2, 0.25) is 5.02 Å². The van der Waals surface area contributed by atoms with E-state index in [1.807, 2.05) is 30.3 Å². The van der Waals surface area contributed by atoms with Crippen LogP contribution in [-0.4, -0.2) is 10.8 Å². The smallest absolute Gasteiger partial charge is 0.141 e. The van der Waals surface area contributed by atoms with Crippen molar-refractivity contribution in [1.29, 1.82) is 0 Å². The molecule has 2 nitrogen and oxygen atoms in total. The van der Waals surface area contributed by atoms with Gasteiger partial charge in [-0.1, -0.05) is 29.8 Å². The van der Waals surface area contributed by atoms with Crippen LogP contribution in [0, 0.1) is 0 Å². The van der Waals surface area contributed by atoms with Crippen LogP contribution in [0.3, 0.4) is 0 Å². The summed E-state index contributed by atoms with van der Waals surface area (Å²) in [5.41, 5.74) is 1.89. The molecule has 0 atom stereocenters. The molecule has 1 heterocycles. The van der Waals surface area contributed by atoms with Crippen molar-refractivity contribution in [2.24, 2.45) is 0 Å². The lowest BCUT2D eigenvalue weighted by Crippen LogP contribution is -2.06. The summed E-state index contributed by atoms with van der Waals surface area (Å²) in [5.74, 6) is 0.167. The second kappa shape index (κ2) is 5.60. The molecule has 1 aromatic heterocycles. The molecule has 0 amide bonds. The van der Waals surface area contributed by atoms with Crippen molar-refractivity contribution in [1.82, 2.24) is 4.98 Å². The maximum absolute atomic E-state index is 11.8. The van der Waals surface area contributed by atoms with Gasteiger partial charge in [0.2, 0.25) is 0 Å². The first-order valence-corrected chi connectivity index (χ1v) is 5.77. The highest BCUT2D eigenvalue weighted by molar-refractivity contribution is 6.30. The van der Waals surface area contributed by atoms with Crippen molar-refractivity contribution in [2.45, 2.75) is 12.8 Å². The van der Waals surface area contributed by atoms with E-state index in [9.17, 15) is 4.79 Å². The number of benzene rings is 1. The Morgan fingerprint density at radius 1 is 1.12 bits per heavy atom. The SMILES string of the molecule is O=C(Cc1cccnc1)Cc1cccc(Cl)c1. The highest BCUT2D eigenvalue weighted by Crippen LogP contribution is 2.12. The minimum absolute atomic E-state index is 0.167. The first-order chi connectivity index (χ1) is 8.24. The number of halogens is 1. The second-order valence-electron chi connectivity index (χ2n) is 3.88. The third-order valence-corrected chi connectivity index (χ3v) is 2.65. The molecule has 0 saturated carbocycles. The Kier molecular flexibility index (Phi) is 3.89. The zero-order valence-electron chi connectivity index (χ0n) is 9.27. The Hall–Kier alpha value is -1.67. The Balaban J connectivity index is 1.98. The first kappa shape index (κ1) is 11.8. The summed E-state index contributed by atoms with van der Waals surface area (Å²) in [4.78, 5) is 15.8. The number of nitrogens with zero attached hydrogens (tertiary/aromatic N) is 1. The molecular formula is C14H12ClNO. The summed E-state index contributed by atoms with van der Waals surface area (Å²) in [6, 6.07) is 11.1. The Morgan fingerprint density at radius 3 is 2.59 bits per heavy atom. The molecule has 0 saturated heterocycles. The molecule has 0 fully saturated rings. The topological polar surface area (TPSA) is 30.0 Å². The molecular weight excluding hydrogens is 234 g/mol. The lowest BCUT2D eigenvalue weighted by Gasteiger charge is -2.02. The van der Waals surface area contributed by atoms with Crippen LogP contribution in [0.4, 0.5) is 0 Å². The van der Waals surface area contributed by atoms with Crippen LogP contribution in [0.1, 0.15) is 11.1 Å². The van der Waals surface area contributed by atoms with Gasteiger partial charge in [-0.15, -0.1) is 0 Å². The molecule has 0 aliphatic heterocycles. The third-order valence-electron chi connectivity index (χ3n) is 2.41. The van der Waals surface area contributed by atoms with E-state index in [-0.39, 0.29) is 5.78 Å². The van der Waals surface area contributed by atoms with E-state index in [1.165, 1.54) is 0 Å². The van der Waals surface area contributed by atoms with Crippen molar-refractivity contribution in [3.05, 3.63) is 64.9 Å². The monoisotopic (exact) mass is 245 g/mol. The van der Waals surface area contributed by atoms with Crippen molar-refractivity contribution in [3.63, 3.8) is 0 Å². The van der Waals surface area contributed by atoms with Gasteiger partial charge in [-0.2, -0.15) is 0 Å². The molecule has 1 aromatic carbocycles. The van der Waals surface area contributed by atoms with E-state index in [0.29, 0.717) is 17.9 Å². The van der Waals surface area contributed by atoms with Gasteiger partial charge in [0.25, 0.3) is 0 Å². The van der Waals surface area contributed by atoms with Crippen LogP contribution in [0.5, 0.6) is 0 Å². The molecule has 0 bridgehead atoms. The van der Waals surface area contributed by atoms with Gasteiger partial charge in [-0.3, -0.25) is 9.78 Å². The van der Waals surface area contributed by atoms with Crippen molar-refractivity contribution in [3.8, 4) is 0 Å². The van der Waals surface area contributed by atoms with E-state index in [1.54, 1.807) is 18.5 Å². The van der Waals surface area contributed by atoms with Gasteiger partial charge in [0.1, 0.15) is 5.78 Å². The predicted octanol–water partition coefficient (Wildman–Crippen LogP) is 3.09. The van der Waals surface area contributed by atoms with Crippen molar-refractivity contribution >= 4 is 17.4 Å². The maximum Gasteiger partial charge on any atom is 0.141 e. The highest BCUT2D eigenvalue weighted by atomic mass is 35.5. The first-order valence-electron chi connectivity index (χ1n) is 5.39. The number of hydrogen-bond donors (Lipinski definition) is 0. The summed E-state index contributed by atoms with van der Waals surface area (Å²) in [7, 11) is 0. The van der Waals surface area contributed by atoms with Gasteiger partial charge in [0.15, 0.2) is 0 Å². The lowest BCUT2D eigenvalue weighted by atomic mass is 10.0. The Labute approximate surface area is 105 Å². The van der Waals surface area contributed by atoms with E-state index >= 15 is 0 Å². The number of hydrogen-bond acceptors (Lipinski definition) is 2. The minimum atomic E-state index is 0.167. The lowest BCUT2D eigenvalue weighted by molar-refractivity contribution is -0.117. The molecule has 3 heteroatoms. The summed E-state index contributed by atoms with van der Waals surface area (Å²) in [6.07, 6.45) is 4.25. The van der Waals surface area contributed by atoms with Gasteiger partial charge >= 0.3 is 0 Å². The average molecular weight is 246 g/mol. The fourth-order valence-electron chi connectivity index (χ4n) is 1.67. The molecule has 17 heavy (non-hydrogen) atoms. The molecule has 0 spiro atoms. The normalized spacial score (nSPS) is 10.2. The van der Waals surface area contributed by atoms with Crippen molar-refractivity contribution < 1.29 is 4.79 Å². The predicted molar refractivity (Wildman–Crippen MR) is 68.1 cm³/mol.